The van der Waals surface area contributed by atoms with Gasteiger partial charge >= 0.3 is 5.91 Å². The van der Waals surface area contributed by atoms with E-state index in [4.69, 9.17) is 19.2 Å². The molecule has 0 bridgehead atoms. The summed E-state index contributed by atoms with van der Waals surface area (Å²) in [4.78, 5) is 33.6. The zero-order chi connectivity index (χ0) is 29.5. The fraction of sp³-hybridized carbons (Fsp3) is 0.303. The molecule has 9 heteroatoms. The Labute approximate surface area is 248 Å². The first-order chi connectivity index (χ1) is 20.3. The number of hydrogen-bond donors (Lipinski definition) is 1. The predicted octanol–water partition coefficient (Wildman–Crippen LogP) is 6.74. The number of aryl methyl sites for hydroxylation is 1. The molecule has 6 rings (SSSR count). The van der Waals surface area contributed by atoms with Gasteiger partial charge in [0.2, 0.25) is 0 Å². The van der Waals surface area contributed by atoms with Crippen LogP contribution in [0.1, 0.15) is 55.0 Å². The fourth-order valence-corrected chi connectivity index (χ4v) is 6.58. The first kappa shape index (κ1) is 27.8. The number of nitrogens with zero attached hydrogens (tertiary/aromatic N) is 2. The van der Waals surface area contributed by atoms with Crippen molar-refractivity contribution in [3.05, 3.63) is 82.4 Å². The lowest BCUT2D eigenvalue weighted by molar-refractivity contribution is -0.132. The Hall–Kier alpha value is -4.37. The van der Waals surface area contributed by atoms with Gasteiger partial charge in [-0.05, 0) is 79.4 Å². The minimum atomic E-state index is -0.936. The number of carbonyl (C=O) groups excluding carboxylic acids is 2. The molecule has 4 aromatic rings. The molecule has 216 valence electrons. The number of unbranched alkanes of at least 4 members (excludes halogenated alkanes) is 1. The zero-order valence-electron chi connectivity index (χ0n) is 24.0. The summed E-state index contributed by atoms with van der Waals surface area (Å²) < 4.78 is 18.3. The van der Waals surface area contributed by atoms with E-state index in [-0.39, 0.29) is 17.4 Å². The molecule has 1 aromatic heterocycles. The summed E-state index contributed by atoms with van der Waals surface area (Å²) in [5.74, 6) is 0.0113. The number of ether oxygens (including phenoxy) is 3. The van der Waals surface area contributed by atoms with Gasteiger partial charge in [-0.15, -0.1) is 0 Å². The van der Waals surface area contributed by atoms with Gasteiger partial charge in [0, 0.05) is 12.0 Å². The summed E-state index contributed by atoms with van der Waals surface area (Å²) in [7, 11) is 1.55. The van der Waals surface area contributed by atoms with Crippen molar-refractivity contribution < 1.29 is 28.9 Å². The van der Waals surface area contributed by atoms with Crippen LogP contribution in [0.4, 0.5) is 5.13 Å². The van der Waals surface area contributed by atoms with Crippen molar-refractivity contribution in [3.8, 4) is 17.2 Å². The molecular formula is C33H32N2O6S. The maximum absolute atomic E-state index is 13.7. The number of Topliss-reactive ketones (excluding diaryl/α,β-unsaturated/α-hetero) is 1. The molecule has 2 aliphatic heterocycles. The molecule has 3 aromatic carbocycles. The van der Waals surface area contributed by atoms with Crippen LogP contribution in [0.25, 0.3) is 16.0 Å². The van der Waals surface area contributed by atoms with Crippen LogP contribution in [-0.4, -0.2) is 41.6 Å². The van der Waals surface area contributed by atoms with E-state index in [0.29, 0.717) is 40.8 Å². The molecule has 42 heavy (non-hydrogen) atoms. The van der Waals surface area contributed by atoms with Crippen molar-refractivity contribution in [3.63, 3.8) is 0 Å². The molecule has 8 nitrogen and oxygen atoms in total. The third-order valence-electron chi connectivity index (χ3n) is 7.61. The van der Waals surface area contributed by atoms with Gasteiger partial charge in [-0.3, -0.25) is 14.5 Å². The topological polar surface area (TPSA) is 98.2 Å². The normalized spacial score (nSPS) is 19.3. The second kappa shape index (κ2) is 11.1. The van der Waals surface area contributed by atoms with E-state index in [1.807, 2.05) is 38.1 Å². The Morgan fingerprint density at radius 2 is 1.95 bits per heavy atom. The van der Waals surface area contributed by atoms with E-state index in [2.05, 4.69) is 6.92 Å². The molecule has 3 heterocycles. The molecule has 0 saturated carbocycles. The fourth-order valence-electron chi connectivity index (χ4n) is 5.49. The van der Waals surface area contributed by atoms with Gasteiger partial charge in [0.15, 0.2) is 16.6 Å². The van der Waals surface area contributed by atoms with Gasteiger partial charge in [0.1, 0.15) is 17.6 Å². The average molecular weight is 585 g/mol. The SMILES string of the molecule is CCCCOc1ccc([C@@H]2/C(=C(\O)c3ccc4c(c3)C[C@@H](C)O4)C(=O)C(=O)N2c2nc3ccc(C)cc3s2)cc1OC. The summed E-state index contributed by atoms with van der Waals surface area (Å²) in [6.07, 6.45) is 2.60. The number of aromatic nitrogens is 1. The van der Waals surface area contributed by atoms with Crippen LogP contribution < -0.4 is 19.1 Å². The van der Waals surface area contributed by atoms with Crippen LogP contribution in [0.15, 0.2) is 60.2 Å². The number of rotatable bonds is 8. The standard InChI is InChI=1S/C33H32N2O6S/c1-5-6-13-40-25-12-8-20(17-26(25)39-4)29-28(30(36)21-9-11-24-22(16-21)15-19(3)41-24)31(37)32(38)35(29)33-34-23-10-7-18(2)14-27(23)42-33/h7-12,14,16-17,19,29,36H,5-6,13,15H2,1-4H3/b30-28+/t19-,29-/m1/s1. The highest BCUT2D eigenvalue weighted by Crippen LogP contribution is 2.46. The van der Waals surface area contributed by atoms with Gasteiger partial charge in [-0.1, -0.05) is 36.8 Å². The number of carbonyl (C=O) groups is 2. The number of ketones is 1. The smallest absolute Gasteiger partial charge is 0.301 e. The minimum Gasteiger partial charge on any atom is -0.507 e. The molecular weight excluding hydrogens is 552 g/mol. The van der Waals surface area contributed by atoms with Crippen LogP contribution in [0.3, 0.4) is 0 Å². The van der Waals surface area contributed by atoms with Crippen LogP contribution in [-0.2, 0) is 16.0 Å². The Balaban J connectivity index is 1.51. The third-order valence-corrected chi connectivity index (χ3v) is 8.63. The first-order valence-electron chi connectivity index (χ1n) is 14.1. The van der Waals surface area contributed by atoms with E-state index in [1.54, 1.807) is 37.4 Å². The van der Waals surface area contributed by atoms with Gasteiger partial charge in [0.25, 0.3) is 5.78 Å². The van der Waals surface area contributed by atoms with Crippen LogP contribution in [0.2, 0.25) is 0 Å². The number of hydrogen-bond acceptors (Lipinski definition) is 8. The van der Waals surface area contributed by atoms with Crippen molar-refractivity contribution >= 4 is 44.1 Å². The van der Waals surface area contributed by atoms with Crippen molar-refractivity contribution in [2.45, 2.75) is 52.2 Å². The van der Waals surface area contributed by atoms with Gasteiger partial charge in [0.05, 0.1) is 35.5 Å². The van der Waals surface area contributed by atoms with Gasteiger partial charge in [-0.25, -0.2) is 4.98 Å². The largest absolute Gasteiger partial charge is 0.507 e. The lowest BCUT2D eigenvalue weighted by Crippen LogP contribution is -2.29. The van der Waals surface area contributed by atoms with E-state index in [0.717, 1.165) is 39.9 Å². The maximum atomic E-state index is 13.7. The van der Waals surface area contributed by atoms with E-state index in [9.17, 15) is 14.7 Å². The second-order valence-corrected chi connectivity index (χ2v) is 11.7. The van der Waals surface area contributed by atoms with Crippen molar-refractivity contribution in [2.24, 2.45) is 0 Å². The number of amides is 1. The Morgan fingerprint density at radius 1 is 1.12 bits per heavy atom. The Morgan fingerprint density at radius 3 is 2.74 bits per heavy atom. The van der Waals surface area contributed by atoms with Crippen molar-refractivity contribution in [1.29, 1.82) is 0 Å². The first-order valence-corrected chi connectivity index (χ1v) is 14.9. The molecule has 1 amide bonds. The maximum Gasteiger partial charge on any atom is 0.301 e. The monoisotopic (exact) mass is 584 g/mol. The third kappa shape index (κ3) is 4.87. The Bertz CT molecular complexity index is 1740. The van der Waals surface area contributed by atoms with Crippen LogP contribution in [0.5, 0.6) is 17.2 Å². The highest BCUT2D eigenvalue weighted by molar-refractivity contribution is 7.22. The number of aliphatic hydroxyl groups is 1. The summed E-state index contributed by atoms with van der Waals surface area (Å²) in [6, 6.07) is 15.6. The zero-order valence-corrected chi connectivity index (χ0v) is 24.8. The molecule has 1 fully saturated rings. The number of anilines is 1. The highest BCUT2D eigenvalue weighted by atomic mass is 32.1. The highest BCUT2D eigenvalue weighted by Gasteiger charge is 2.48. The number of fused-ring (bicyclic) bond motifs is 2. The molecule has 2 atom stereocenters. The molecule has 2 aliphatic rings. The number of methoxy groups -OCH3 is 1. The minimum absolute atomic E-state index is 0.0101. The summed E-state index contributed by atoms with van der Waals surface area (Å²) in [5.41, 5.74) is 3.75. The van der Waals surface area contributed by atoms with E-state index in [1.165, 1.54) is 16.2 Å². The van der Waals surface area contributed by atoms with Crippen molar-refractivity contribution in [1.82, 2.24) is 4.98 Å². The summed E-state index contributed by atoms with van der Waals surface area (Å²) >= 11 is 1.33. The van der Waals surface area contributed by atoms with Crippen molar-refractivity contribution in [2.75, 3.05) is 18.6 Å². The van der Waals surface area contributed by atoms with E-state index < -0.39 is 17.7 Å². The van der Waals surface area contributed by atoms with Gasteiger partial charge < -0.3 is 19.3 Å². The van der Waals surface area contributed by atoms with Gasteiger partial charge in [-0.2, -0.15) is 0 Å². The number of benzene rings is 3. The average Bonchev–Trinajstić information content (AvgIpc) is 3.64. The lowest BCUT2D eigenvalue weighted by Gasteiger charge is -2.24. The van der Waals surface area contributed by atoms with E-state index >= 15 is 0 Å². The predicted molar refractivity (Wildman–Crippen MR) is 163 cm³/mol. The Kier molecular flexibility index (Phi) is 7.36. The molecule has 0 unspecified atom stereocenters. The molecule has 1 saturated heterocycles. The lowest BCUT2D eigenvalue weighted by atomic mass is 9.94. The second-order valence-electron chi connectivity index (χ2n) is 10.7. The molecule has 1 N–H and O–H groups in total. The van der Waals surface area contributed by atoms with Crippen LogP contribution in [0, 0.1) is 6.92 Å². The quantitative estimate of drug-likeness (QED) is 0.106. The van der Waals surface area contributed by atoms with Crippen LogP contribution >= 0.6 is 11.3 Å². The summed E-state index contributed by atoms with van der Waals surface area (Å²) in [6.45, 7) is 6.60. The summed E-state index contributed by atoms with van der Waals surface area (Å²) in [5, 5.41) is 12.0. The molecule has 0 aliphatic carbocycles. The number of aliphatic hydroxyl groups excluding tert-OH is 1. The molecule has 0 spiro atoms. The molecule has 0 radical (unpaired) electrons. The number of thiazole rings is 1.